The van der Waals surface area contributed by atoms with Gasteiger partial charge in [0.1, 0.15) is 24.4 Å². The number of nitrogens with zero attached hydrogens (tertiary/aromatic N) is 2. The van der Waals surface area contributed by atoms with Gasteiger partial charge in [0.25, 0.3) is 11.4 Å². The van der Waals surface area contributed by atoms with E-state index in [4.69, 9.17) is 14.2 Å². The first-order chi connectivity index (χ1) is 13.0. The Labute approximate surface area is 153 Å². The molecule has 0 amide bonds. The highest BCUT2D eigenvalue weighted by atomic mass is 16.6. The number of hydrogen-bond acceptors (Lipinski definition) is 7. The van der Waals surface area contributed by atoms with Crippen LogP contribution in [-0.2, 0) is 14.2 Å². The lowest BCUT2D eigenvalue weighted by atomic mass is 10.0. The third-order valence-corrected chi connectivity index (χ3v) is 4.55. The monoisotopic (exact) mass is 372 g/mol. The molecular formula is C18H16N2O7. The van der Waals surface area contributed by atoms with Crippen LogP contribution in [0.25, 0.3) is 0 Å². The lowest BCUT2D eigenvalue weighted by Gasteiger charge is -2.23. The number of epoxide rings is 2. The first kappa shape index (κ1) is 17.5. The summed E-state index contributed by atoms with van der Waals surface area (Å²) in [5.74, 6) is 0. The number of benzene rings is 2. The van der Waals surface area contributed by atoms with Crippen LogP contribution in [0.15, 0.2) is 48.5 Å². The van der Waals surface area contributed by atoms with Crippen LogP contribution < -0.4 is 0 Å². The van der Waals surface area contributed by atoms with Crippen LogP contribution in [0.5, 0.6) is 0 Å². The molecule has 2 heterocycles. The van der Waals surface area contributed by atoms with Crippen LogP contribution >= 0.6 is 0 Å². The van der Waals surface area contributed by atoms with Crippen LogP contribution in [0, 0.1) is 20.2 Å². The minimum Gasteiger partial charge on any atom is -0.370 e. The van der Waals surface area contributed by atoms with Gasteiger partial charge in [-0.05, 0) is 35.4 Å². The molecule has 140 valence electrons. The van der Waals surface area contributed by atoms with Crippen LogP contribution in [0.3, 0.4) is 0 Å². The van der Waals surface area contributed by atoms with Gasteiger partial charge in [0.05, 0.1) is 23.1 Å². The Hall–Kier alpha value is -2.88. The average molecular weight is 372 g/mol. The second kappa shape index (κ2) is 7.03. The van der Waals surface area contributed by atoms with Crippen molar-refractivity contribution >= 4 is 11.4 Å². The molecule has 2 aromatic rings. The Morgan fingerprint density at radius 1 is 0.778 bits per heavy atom. The van der Waals surface area contributed by atoms with Crippen molar-refractivity contribution in [1.29, 1.82) is 0 Å². The van der Waals surface area contributed by atoms with E-state index >= 15 is 0 Å². The molecule has 9 heteroatoms. The molecule has 0 spiro atoms. The number of nitro groups is 2. The highest BCUT2D eigenvalue weighted by molar-refractivity contribution is 5.36. The first-order valence-electron chi connectivity index (χ1n) is 8.40. The van der Waals surface area contributed by atoms with Crippen molar-refractivity contribution in [3.05, 3.63) is 79.9 Å². The maximum absolute atomic E-state index is 10.8. The Bertz CT molecular complexity index is 774. The van der Waals surface area contributed by atoms with Crippen molar-refractivity contribution in [2.45, 2.75) is 24.4 Å². The number of nitro benzene ring substituents is 2. The molecule has 2 aliphatic rings. The molecule has 27 heavy (non-hydrogen) atoms. The molecule has 4 rings (SSSR count). The fourth-order valence-corrected chi connectivity index (χ4v) is 2.95. The highest BCUT2D eigenvalue weighted by Gasteiger charge is 2.42. The number of rotatable bonds is 8. The minimum absolute atomic E-state index is 0.00617. The van der Waals surface area contributed by atoms with Gasteiger partial charge < -0.3 is 14.2 Å². The molecule has 2 aliphatic heterocycles. The molecule has 2 saturated heterocycles. The zero-order valence-electron chi connectivity index (χ0n) is 14.1. The molecule has 0 aliphatic carbocycles. The van der Waals surface area contributed by atoms with Crippen molar-refractivity contribution in [3.8, 4) is 0 Å². The van der Waals surface area contributed by atoms with Gasteiger partial charge in [-0.15, -0.1) is 0 Å². The average Bonchev–Trinajstić information content (AvgIpc) is 3.55. The largest absolute Gasteiger partial charge is 0.370 e. The van der Waals surface area contributed by atoms with E-state index in [0.29, 0.717) is 13.2 Å². The van der Waals surface area contributed by atoms with Crippen LogP contribution in [-0.4, -0.2) is 35.3 Å². The van der Waals surface area contributed by atoms with Gasteiger partial charge in [0.2, 0.25) is 0 Å². The normalized spacial score (nSPS) is 22.7. The van der Waals surface area contributed by atoms with E-state index in [1.165, 1.54) is 24.3 Å². The third-order valence-electron chi connectivity index (χ3n) is 4.55. The first-order valence-corrected chi connectivity index (χ1v) is 8.40. The Kier molecular flexibility index (Phi) is 4.56. The van der Waals surface area contributed by atoms with E-state index in [9.17, 15) is 20.2 Å². The minimum atomic E-state index is -0.453. The zero-order chi connectivity index (χ0) is 19.0. The molecule has 9 nitrogen and oxygen atoms in total. The fraction of sp³-hybridized carbons (Fsp3) is 0.333. The Morgan fingerprint density at radius 3 is 1.37 bits per heavy atom. The molecule has 0 bridgehead atoms. The smallest absolute Gasteiger partial charge is 0.269 e. The van der Waals surface area contributed by atoms with E-state index in [0.717, 1.165) is 11.1 Å². The van der Waals surface area contributed by atoms with E-state index < -0.39 is 22.1 Å². The Balaban J connectivity index is 1.57. The molecular weight excluding hydrogens is 356 g/mol. The second-order valence-electron chi connectivity index (χ2n) is 6.42. The summed E-state index contributed by atoms with van der Waals surface area (Å²) in [5.41, 5.74) is 1.56. The van der Waals surface area contributed by atoms with Crippen molar-refractivity contribution < 1.29 is 24.1 Å². The highest BCUT2D eigenvalue weighted by Crippen LogP contribution is 2.40. The second-order valence-corrected chi connectivity index (χ2v) is 6.42. The predicted octanol–water partition coefficient (Wildman–Crippen LogP) is 3.10. The predicted molar refractivity (Wildman–Crippen MR) is 92.2 cm³/mol. The van der Waals surface area contributed by atoms with Crippen molar-refractivity contribution in [2.24, 2.45) is 0 Å². The molecule has 4 atom stereocenters. The summed E-state index contributed by atoms with van der Waals surface area (Å²) in [7, 11) is 0. The van der Waals surface area contributed by atoms with Crippen molar-refractivity contribution in [1.82, 2.24) is 0 Å². The summed E-state index contributed by atoms with van der Waals surface area (Å²) in [6.07, 6.45) is -1.08. The van der Waals surface area contributed by atoms with Gasteiger partial charge in [-0.3, -0.25) is 20.2 Å². The summed E-state index contributed by atoms with van der Waals surface area (Å²) < 4.78 is 17.1. The van der Waals surface area contributed by atoms with E-state index in [1.807, 2.05) is 0 Å². The van der Waals surface area contributed by atoms with E-state index in [1.54, 1.807) is 24.3 Å². The van der Waals surface area contributed by atoms with E-state index in [2.05, 4.69) is 0 Å². The summed E-state index contributed by atoms with van der Waals surface area (Å²) in [6.45, 7) is 1.08. The molecule has 0 radical (unpaired) electrons. The maximum Gasteiger partial charge on any atom is 0.269 e. The quantitative estimate of drug-likeness (QED) is 0.396. The third kappa shape index (κ3) is 3.95. The molecule has 2 unspecified atom stereocenters. The lowest BCUT2D eigenvalue weighted by Crippen LogP contribution is -2.19. The van der Waals surface area contributed by atoms with Gasteiger partial charge in [-0.2, -0.15) is 0 Å². The van der Waals surface area contributed by atoms with Gasteiger partial charge in [0, 0.05) is 24.3 Å². The number of ether oxygens (including phenoxy) is 3. The maximum atomic E-state index is 10.8. The van der Waals surface area contributed by atoms with Gasteiger partial charge in [-0.25, -0.2) is 0 Å². The summed E-state index contributed by atoms with van der Waals surface area (Å²) in [6, 6.07) is 12.4. The SMILES string of the molecule is O=[N+]([O-])c1ccc([C@H](O[C@@H](c2ccc([N+](=O)[O-])cc2)C2CO2)C2CO2)cc1. The van der Waals surface area contributed by atoms with Crippen molar-refractivity contribution in [3.63, 3.8) is 0 Å². The van der Waals surface area contributed by atoms with E-state index in [-0.39, 0.29) is 23.6 Å². The molecule has 0 aromatic heterocycles. The van der Waals surface area contributed by atoms with Crippen LogP contribution in [0.1, 0.15) is 23.3 Å². The number of hydrogen-bond donors (Lipinski definition) is 0. The van der Waals surface area contributed by atoms with Gasteiger partial charge in [-0.1, -0.05) is 0 Å². The number of non-ortho nitro benzene ring substituents is 2. The molecule has 2 fully saturated rings. The summed E-state index contributed by atoms with van der Waals surface area (Å²) >= 11 is 0. The lowest BCUT2D eigenvalue weighted by molar-refractivity contribution is -0.385. The Morgan fingerprint density at radius 2 is 1.11 bits per heavy atom. The zero-order valence-corrected chi connectivity index (χ0v) is 14.1. The molecule has 2 aromatic carbocycles. The molecule has 0 N–H and O–H groups in total. The van der Waals surface area contributed by atoms with Crippen LogP contribution in [0.2, 0.25) is 0 Å². The van der Waals surface area contributed by atoms with Gasteiger partial charge >= 0.3 is 0 Å². The summed E-state index contributed by atoms with van der Waals surface area (Å²) in [5, 5.41) is 21.7. The van der Waals surface area contributed by atoms with Crippen LogP contribution in [0.4, 0.5) is 11.4 Å². The van der Waals surface area contributed by atoms with Crippen molar-refractivity contribution in [2.75, 3.05) is 13.2 Å². The molecule has 0 saturated carbocycles. The standard InChI is InChI=1S/C18H16N2O7/c21-19(22)13-5-1-11(2-6-13)17(15-9-25-15)27-18(16-10-26-16)12-3-7-14(8-4-12)20(23)24/h1-8,15-18H,9-10H2/t15?,16?,17-,18-/m0/s1. The summed E-state index contributed by atoms with van der Waals surface area (Å²) in [4.78, 5) is 20.8. The van der Waals surface area contributed by atoms with Gasteiger partial charge in [0.15, 0.2) is 0 Å². The topological polar surface area (TPSA) is 121 Å². The fourth-order valence-electron chi connectivity index (χ4n) is 2.95.